The highest BCUT2D eigenvalue weighted by atomic mass is 19.4. The Bertz CT molecular complexity index is 532. The number of aliphatic carboxylic acids is 1. The van der Waals surface area contributed by atoms with Crippen molar-refractivity contribution in [2.75, 3.05) is 0 Å². The number of hydrogen-bond donors (Lipinski definition) is 2. The van der Waals surface area contributed by atoms with Crippen molar-refractivity contribution in [3.63, 3.8) is 0 Å². The van der Waals surface area contributed by atoms with Crippen molar-refractivity contribution in [1.29, 1.82) is 0 Å². The number of unbranched alkanes of at least 4 members (excludes halogenated alkanes) is 4. The molecule has 3 heterocycles. The van der Waals surface area contributed by atoms with Gasteiger partial charge < -0.3 is 9.90 Å². The highest BCUT2D eigenvalue weighted by Crippen LogP contribution is 2.32. The fourth-order valence-corrected chi connectivity index (χ4v) is 4.80. The molecule has 0 saturated carbocycles. The molecule has 3 aliphatic heterocycles. The smallest absolute Gasteiger partial charge is 0.430 e. The van der Waals surface area contributed by atoms with E-state index < -0.39 is 12.1 Å². The quantitative estimate of drug-likeness (QED) is 0.469. The molecule has 8 heteroatoms. The van der Waals surface area contributed by atoms with Gasteiger partial charge in [0.1, 0.15) is 5.97 Å². The van der Waals surface area contributed by atoms with Gasteiger partial charge in [0, 0.05) is 12.8 Å². The predicted octanol–water partition coefficient (Wildman–Crippen LogP) is 3.07. The van der Waals surface area contributed by atoms with Gasteiger partial charge in [-0.25, -0.2) is 0 Å². The van der Waals surface area contributed by atoms with Crippen molar-refractivity contribution in [2.45, 2.75) is 121 Å². The molecule has 168 valence electrons. The lowest BCUT2D eigenvalue weighted by molar-refractivity contribution is -0.593. The third-order valence-electron chi connectivity index (χ3n) is 6.22. The molecule has 3 rings (SSSR count). The second-order valence-electron chi connectivity index (χ2n) is 8.57. The van der Waals surface area contributed by atoms with E-state index in [9.17, 15) is 13.2 Å². The van der Waals surface area contributed by atoms with Crippen molar-refractivity contribution in [3.8, 4) is 0 Å². The number of hydrogen-bond acceptors (Lipinski definition) is 4. The van der Waals surface area contributed by atoms with Gasteiger partial charge in [0.25, 0.3) is 0 Å². The van der Waals surface area contributed by atoms with Gasteiger partial charge in [-0.3, -0.25) is 15.2 Å². The minimum atomic E-state index is -5.19. The van der Waals surface area contributed by atoms with Crippen molar-refractivity contribution in [2.24, 2.45) is 0 Å². The summed E-state index contributed by atoms with van der Waals surface area (Å²) in [5, 5.41) is 16.5. The molecule has 0 spiro atoms. The molecule has 3 aliphatic rings. The maximum absolute atomic E-state index is 10.5. The molecular weight excluding hydrogens is 383 g/mol. The van der Waals surface area contributed by atoms with E-state index in [-0.39, 0.29) is 0 Å². The van der Waals surface area contributed by atoms with E-state index in [1.165, 1.54) is 83.0 Å². The van der Waals surface area contributed by atoms with Crippen molar-refractivity contribution < 1.29 is 27.6 Å². The van der Waals surface area contributed by atoms with Gasteiger partial charge in [-0.1, -0.05) is 52.4 Å². The highest BCUT2D eigenvalue weighted by molar-refractivity contribution is 5.76. The van der Waals surface area contributed by atoms with Gasteiger partial charge in [-0.15, -0.1) is 0 Å². The van der Waals surface area contributed by atoms with Gasteiger partial charge >= 0.3 is 12.1 Å². The zero-order chi connectivity index (χ0) is 21.4. The predicted molar refractivity (Wildman–Crippen MR) is 105 cm³/mol. The van der Waals surface area contributed by atoms with Crippen molar-refractivity contribution in [3.05, 3.63) is 0 Å². The van der Waals surface area contributed by atoms with Crippen LogP contribution in [0.5, 0.6) is 0 Å². The van der Waals surface area contributed by atoms with E-state index in [0.29, 0.717) is 12.1 Å². The Kier molecular flexibility index (Phi) is 9.08. The van der Waals surface area contributed by atoms with Crippen molar-refractivity contribution >= 4 is 11.9 Å². The van der Waals surface area contributed by atoms with Crippen LogP contribution in [0.15, 0.2) is 0 Å². The Balaban J connectivity index is 0.000000370. The number of guanidine groups is 1. The van der Waals surface area contributed by atoms with Crippen LogP contribution >= 0.6 is 0 Å². The number of halogens is 3. The SMILES string of the molecule is CCCCC[C@@H]1C[C@H]2CC[C@H]3C[C@@H](CCCCC)NC(=[N+]23)N1.O=C([O-])C(F)(F)F. The molecule has 0 aromatic heterocycles. The second kappa shape index (κ2) is 11.1. The monoisotopic (exact) mass is 419 g/mol. The number of carboxylic acid groups (broad SMARTS) is 1. The topological polar surface area (TPSA) is 67.2 Å². The molecule has 1 saturated heterocycles. The maximum Gasteiger partial charge on any atom is 0.430 e. The van der Waals surface area contributed by atoms with Gasteiger partial charge in [0.05, 0.1) is 24.2 Å². The molecule has 4 atom stereocenters. The first-order chi connectivity index (χ1) is 13.8. The molecule has 0 unspecified atom stereocenters. The third-order valence-corrected chi connectivity index (χ3v) is 6.22. The highest BCUT2D eigenvalue weighted by Gasteiger charge is 2.45. The summed E-state index contributed by atoms with van der Waals surface area (Å²) in [5.74, 6) is -1.61. The minimum absolute atomic E-state index is 0.712. The first kappa shape index (κ1) is 23.8. The van der Waals surface area contributed by atoms with Crippen LogP contribution in [-0.4, -0.2) is 46.8 Å². The summed E-state index contributed by atoms with van der Waals surface area (Å²) in [7, 11) is 0. The Morgan fingerprint density at radius 2 is 1.38 bits per heavy atom. The maximum atomic E-state index is 10.5. The van der Waals surface area contributed by atoms with Crippen LogP contribution in [0.4, 0.5) is 13.2 Å². The average Bonchev–Trinajstić information content (AvgIpc) is 3.06. The summed E-state index contributed by atoms with van der Waals surface area (Å²) in [6.07, 6.45) is 11.3. The average molecular weight is 420 g/mol. The Morgan fingerprint density at radius 1 is 0.966 bits per heavy atom. The van der Waals surface area contributed by atoms with E-state index in [4.69, 9.17) is 9.90 Å². The number of rotatable bonds is 8. The summed E-state index contributed by atoms with van der Waals surface area (Å²) < 4.78 is 34.3. The van der Waals surface area contributed by atoms with Crippen LogP contribution in [-0.2, 0) is 4.79 Å². The molecule has 0 bridgehead atoms. The van der Waals surface area contributed by atoms with Crippen LogP contribution in [0, 0.1) is 0 Å². The van der Waals surface area contributed by atoms with Gasteiger partial charge in [0.2, 0.25) is 0 Å². The third kappa shape index (κ3) is 7.07. The van der Waals surface area contributed by atoms with Crippen LogP contribution in [0.3, 0.4) is 0 Å². The van der Waals surface area contributed by atoms with E-state index >= 15 is 0 Å². The molecule has 0 radical (unpaired) electrons. The summed E-state index contributed by atoms with van der Waals surface area (Å²) in [4.78, 5) is 8.78. The number of carbonyl (C=O) groups is 1. The molecule has 2 N–H and O–H groups in total. The zero-order valence-corrected chi connectivity index (χ0v) is 17.7. The Labute approximate surface area is 172 Å². The minimum Gasteiger partial charge on any atom is -0.542 e. The number of nitrogens with zero attached hydrogens (tertiary/aromatic N) is 1. The molecule has 0 amide bonds. The van der Waals surface area contributed by atoms with E-state index in [0.717, 1.165) is 12.1 Å². The van der Waals surface area contributed by atoms with E-state index in [1.807, 2.05) is 0 Å². The standard InChI is InChI=1S/C19H35N3.C2HF3O2/c1-3-5-7-9-15-13-17-11-12-18-14-16(10-8-6-4-2)21-19(20-15)22(17)18;3-2(4,5)1(6)7/h15-18H,3-14H2,1-2H3,(H,20,21);(H,6,7)/t15-,16-,17-,18+;/m1./s1. The first-order valence-corrected chi connectivity index (χ1v) is 11.2. The second-order valence-corrected chi connectivity index (χ2v) is 8.57. The molecule has 1 fully saturated rings. The fourth-order valence-electron chi connectivity index (χ4n) is 4.80. The fraction of sp³-hybridized carbons (Fsp3) is 0.905. The van der Waals surface area contributed by atoms with Crippen LogP contribution in [0.25, 0.3) is 0 Å². The summed E-state index contributed by atoms with van der Waals surface area (Å²) >= 11 is 0. The lowest BCUT2D eigenvalue weighted by atomic mass is 9.97. The van der Waals surface area contributed by atoms with Crippen LogP contribution in [0.2, 0.25) is 0 Å². The van der Waals surface area contributed by atoms with E-state index in [2.05, 4.69) is 29.1 Å². The molecule has 29 heavy (non-hydrogen) atoms. The largest absolute Gasteiger partial charge is 0.542 e. The molecule has 0 aromatic rings. The molecule has 0 aliphatic carbocycles. The number of carboxylic acids is 1. The number of alkyl halides is 3. The zero-order valence-electron chi connectivity index (χ0n) is 17.7. The first-order valence-electron chi connectivity index (χ1n) is 11.2. The van der Waals surface area contributed by atoms with Crippen molar-refractivity contribution in [1.82, 2.24) is 10.6 Å². The molecule has 0 aromatic carbocycles. The Hall–Kier alpha value is -1.47. The van der Waals surface area contributed by atoms with Gasteiger partial charge in [-0.05, 0) is 25.7 Å². The van der Waals surface area contributed by atoms with Crippen LogP contribution < -0.4 is 15.7 Å². The summed E-state index contributed by atoms with van der Waals surface area (Å²) in [6, 6.07) is 3.06. The summed E-state index contributed by atoms with van der Waals surface area (Å²) in [6.45, 7) is 4.60. The number of nitrogens with one attached hydrogen (secondary N) is 2. The normalized spacial score (nSPS) is 28.0. The lowest BCUT2D eigenvalue weighted by Crippen LogP contribution is -2.62. The molecular formula is C21H36F3N3O2. The Morgan fingerprint density at radius 3 is 1.72 bits per heavy atom. The van der Waals surface area contributed by atoms with E-state index in [1.54, 1.807) is 0 Å². The van der Waals surface area contributed by atoms with Gasteiger partial charge in [-0.2, -0.15) is 13.2 Å². The van der Waals surface area contributed by atoms with Gasteiger partial charge in [0.15, 0.2) is 0 Å². The number of carbonyl (C=O) groups excluding carboxylic acids is 1. The molecule has 5 nitrogen and oxygen atoms in total. The van der Waals surface area contributed by atoms with Crippen LogP contribution in [0.1, 0.15) is 90.9 Å². The summed E-state index contributed by atoms with van der Waals surface area (Å²) in [5.41, 5.74) is 0. The lowest BCUT2D eigenvalue weighted by Gasteiger charge is -2.36.